The van der Waals surface area contributed by atoms with Gasteiger partial charge in [0.2, 0.25) is 15.9 Å². The van der Waals surface area contributed by atoms with Crippen LogP contribution in [0.25, 0.3) is 10.8 Å². The Bertz CT molecular complexity index is 1120. The molecule has 4 rings (SSSR count). The Morgan fingerprint density at radius 1 is 1.00 bits per heavy atom. The molecule has 1 saturated heterocycles. The standard InChI is InChI=1S/C22H22N2O3S/c1-16-6-9-20(10-7-16)24-15-17(12-22(24)25)14-23-28(26,27)21-11-8-18-4-2-3-5-19(18)13-21/h2-11,13,17,23H,12,14-15H2,1H3. The monoisotopic (exact) mass is 394 g/mol. The minimum Gasteiger partial charge on any atom is -0.312 e. The number of carbonyl (C=O) groups excluding carboxylic acids is 1. The average molecular weight is 394 g/mol. The summed E-state index contributed by atoms with van der Waals surface area (Å²) in [6.45, 7) is 2.76. The topological polar surface area (TPSA) is 66.5 Å². The second-order valence-corrected chi connectivity index (χ2v) is 9.04. The zero-order valence-corrected chi connectivity index (χ0v) is 16.4. The Labute approximate surface area is 165 Å². The number of nitrogens with zero attached hydrogens (tertiary/aromatic N) is 1. The van der Waals surface area contributed by atoms with E-state index in [1.54, 1.807) is 17.0 Å². The number of amides is 1. The van der Waals surface area contributed by atoms with Crippen LogP contribution in [-0.4, -0.2) is 27.4 Å². The summed E-state index contributed by atoms with van der Waals surface area (Å²) in [5.74, 6) is -0.0252. The second kappa shape index (κ2) is 7.37. The Balaban J connectivity index is 1.44. The summed E-state index contributed by atoms with van der Waals surface area (Å²) in [5, 5.41) is 1.88. The van der Waals surface area contributed by atoms with E-state index in [4.69, 9.17) is 0 Å². The molecule has 0 aromatic heterocycles. The number of hydrogen-bond acceptors (Lipinski definition) is 3. The number of anilines is 1. The second-order valence-electron chi connectivity index (χ2n) is 7.27. The van der Waals surface area contributed by atoms with Crippen LogP contribution in [0, 0.1) is 12.8 Å². The summed E-state index contributed by atoms with van der Waals surface area (Å²) >= 11 is 0. The van der Waals surface area contributed by atoms with Crippen molar-refractivity contribution >= 4 is 32.4 Å². The van der Waals surface area contributed by atoms with Crippen LogP contribution >= 0.6 is 0 Å². The Morgan fingerprint density at radius 3 is 2.46 bits per heavy atom. The van der Waals surface area contributed by atoms with Crippen molar-refractivity contribution in [3.05, 3.63) is 72.3 Å². The highest BCUT2D eigenvalue weighted by atomic mass is 32.2. The third-order valence-electron chi connectivity index (χ3n) is 5.14. The molecule has 28 heavy (non-hydrogen) atoms. The van der Waals surface area contributed by atoms with Gasteiger partial charge >= 0.3 is 0 Å². The first-order chi connectivity index (χ1) is 13.4. The van der Waals surface area contributed by atoms with E-state index in [0.29, 0.717) is 13.0 Å². The molecular weight excluding hydrogens is 372 g/mol. The molecule has 5 nitrogen and oxygen atoms in total. The van der Waals surface area contributed by atoms with Gasteiger partial charge in [0.05, 0.1) is 4.90 Å². The predicted molar refractivity (Wildman–Crippen MR) is 111 cm³/mol. The number of hydrogen-bond donors (Lipinski definition) is 1. The number of rotatable bonds is 5. The van der Waals surface area contributed by atoms with Crippen molar-refractivity contribution in [2.75, 3.05) is 18.0 Å². The van der Waals surface area contributed by atoms with Gasteiger partial charge in [0.1, 0.15) is 0 Å². The molecule has 0 saturated carbocycles. The largest absolute Gasteiger partial charge is 0.312 e. The predicted octanol–water partition coefficient (Wildman–Crippen LogP) is 3.48. The molecule has 0 bridgehead atoms. The summed E-state index contributed by atoms with van der Waals surface area (Å²) in [7, 11) is -3.62. The van der Waals surface area contributed by atoms with E-state index in [-0.39, 0.29) is 23.3 Å². The Hall–Kier alpha value is -2.70. The molecule has 0 radical (unpaired) electrons. The Morgan fingerprint density at radius 2 is 1.71 bits per heavy atom. The first-order valence-corrected chi connectivity index (χ1v) is 10.8. The molecule has 1 N–H and O–H groups in total. The third kappa shape index (κ3) is 3.79. The summed E-state index contributed by atoms with van der Waals surface area (Å²) in [6.07, 6.45) is 0.341. The number of aryl methyl sites for hydroxylation is 1. The van der Waals surface area contributed by atoms with Crippen LogP contribution in [0.4, 0.5) is 5.69 Å². The van der Waals surface area contributed by atoms with Crippen LogP contribution < -0.4 is 9.62 Å². The van der Waals surface area contributed by atoms with Gasteiger partial charge in [-0.25, -0.2) is 13.1 Å². The first kappa shape index (κ1) is 18.7. The van der Waals surface area contributed by atoms with Gasteiger partial charge in [0.25, 0.3) is 0 Å². The van der Waals surface area contributed by atoms with E-state index < -0.39 is 10.0 Å². The van der Waals surface area contributed by atoms with E-state index in [2.05, 4.69) is 4.72 Å². The number of sulfonamides is 1. The van der Waals surface area contributed by atoms with Crippen LogP contribution in [0.15, 0.2) is 71.6 Å². The highest BCUT2D eigenvalue weighted by molar-refractivity contribution is 7.89. The lowest BCUT2D eigenvalue weighted by molar-refractivity contribution is -0.117. The van der Waals surface area contributed by atoms with Gasteiger partial charge in [-0.1, -0.05) is 48.0 Å². The fraction of sp³-hybridized carbons (Fsp3) is 0.227. The molecule has 1 amide bonds. The quantitative estimate of drug-likeness (QED) is 0.720. The van der Waals surface area contributed by atoms with Crippen molar-refractivity contribution in [2.45, 2.75) is 18.2 Å². The maximum Gasteiger partial charge on any atom is 0.240 e. The summed E-state index contributed by atoms with van der Waals surface area (Å²) < 4.78 is 28.1. The van der Waals surface area contributed by atoms with Crippen LogP contribution in [0.3, 0.4) is 0 Å². The minimum absolute atomic E-state index is 0.0266. The number of carbonyl (C=O) groups is 1. The van der Waals surface area contributed by atoms with Crippen LogP contribution in [0.2, 0.25) is 0 Å². The molecule has 0 aliphatic carbocycles. The van der Waals surface area contributed by atoms with Crippen molar-refractivity contribution in [1.82, 2.24) is 4.72 Å². The average Bonchev–Trinajstić information content (AvgIpc) is 3.07. The first-order valence-electron chi connectivity index (χ1n) is 9.28. The molecular formula is C22H22N2O3S. The normalized spacial score (nSPS) is 17.4. The van der Waals surface area contributed by atoms with Crippen LogP contribution in [0.1, 0.15) is 12.0 Å². The zero-order chi connectivity index (χ0) is 19.7. The highest BCUT2D eigenvalue weighted by Gasteiger charge is 2.31. The SMILES string of the molecule is Cc1ccc(N2CC(CNS(=O)(=O)c3ccc4ccccc4c3)CC2=O)cc1. The van der Waals surface area contributed by atoms with E-state index in [1.165, 1.54) is 0 Å². The summed E-state index contributed by atoms with van der Waals surface area (Å²) in [6, 6.07) is 20.5. The molecule has 3 aromatic carbocycles. The van der Waals surface area contributed by atoms with Gasteiger partial charge in [-0.3, -0.25) is 4.79 Å². The van der Waals surface area contributed by atoms with E-state index in [9.17, 15) is 13.2 Å². The fourth-order valence-electron chi connectivity index (χ4n) is 3.54. The van der Waals surface area contributed by atoms with Gasteiger partial charge in [0.15, 0.2) is 0 Å². The molecule has 1 unspecified atom stereocenters. The molecule has 1 atom stereocenters. The zero-order valence-electron chi connectivity index (χ0n) is 15.6. The molecule has 1 fully saturated rings. The maximum absolute atomic E-state index is 12.7. The molecule has 3 aromatic rings. The maximum atomic E-state index is 12.7. The smallest absolute Gasteiger partial charge is 0.240 e. The molecule has 0 spiro atoms. The van der Waals surface area contributed by atoms with E-state index in [1.807, 2.05) is 61.5 Å². The van der Waals surface area contributed by atoms with Crippen LogP contribution in [-0.2, 0) is 14.8 Å². The number of fused-ring (bicyclic) bond motifs is 1. The van der Waals surface area contributed by atoms with E-state index >= 15 is 0 Å². The molecule has 1 aliphatic heterocycles. The molecule has 1 aliphatic rings. The molecule has 144 valence electrons. The molecule has 1 heterocycles. The van der Waals surface area contributed by atoms with Gasteiger partial charge < -0.3 is 4.90 Å². The molecule has 6 heteroatoms. The lowest BCUT2D eigenvalue weighted by Gasteiger charge is -2.17. The van der Waals surface area contributed by atoms with Gasteiger partial charge in [0, 0.05) is 25.2 Å². The Kier molecular flexibility index (Phi) is 4.91. The fourth-order valence-corrected chi connectivity index (χ4v) is 4.69. The highest BCUT2D eigenvalue weighted by Crippen LogP contribution is 2.25. The lowest BCUT2D eigenvalue weighted by Crippen LogP contribution is -2.31. The van der Waals surface area contributed by atoms with Crippen LogP contribution in [0.5, 0.6) is 0 Å². The number of nitrogens with one attached hydrogen (secondary N) is 1. The number of benzene rings is 3. The van der Waals surface area contributed by atoms with Crippen molar-refractivity contribution in [3.8, 4) is 0 Å². The summed E-state index contributed by atoms with van der Waals surface area (Å²) in [5.41, 5.74) is 1.99. The lowest BCUT2D eigenvalue weighted by atomic mass is 10.1. The van der Waals surface area contributed by atoms with Gasteiger partial charge in [-0.15, -0.1) is 0 Å². The minimum atomic E-state index is -3.62. The summed E-state index contributed by atoms with van der Waals surface area (Å²) in [4.78, 5) is 14.3. The third-order valence-corrected chi connectivity index (χ3v) is 6.57. The van der Waals surface area contributed by atoms with Crippen molar-refractivity contribution in [1.29, 1.82) is 0 Å². The van der Waals surface area contributed by atoms with Crippen molar-refractivity contribution in [3.63, 3.8) is 0 Å². The van der Waals surface area contributed by atoms with Gasteiger partial charge in [-0.2, -0.15) is 0 Å². The van der Waals surface area contributed by atoms with E-state index in [0.717, 1.165) is 22.0 Å². The van der Waals surface area contributed by atoms with Crippen molar-refractivity contribution < 1.29 is 13.2 Å². The van der Waals surface area contributed by atoms with Crippen molar-refractivity contribution in [2.24, 2.45) is 5.92 Å². The van der Waals surface area contributed by atoms with Gasteiger partial charge in [-0.05, 0) is 47.9 Å².